The summed E-state index contributed by atoms with van der Waals surface area (Å²) in [5.74, 6) is -0.767. The van der Waals surface area contributed by atoms with E-state index in [0.29, 0.717) is 41.0 Å². The fourth-order valence-electron chi connectivity index (χ4n) is 4.88. The van der Waals surface area contributed by atoms with Gasteiger partial charge in [-0.15, -0.1) is 0 Å². The molecule has 0 fully saturated rings. The van der Waals surface area contributed by atoms with E-state index in [1.165, 1.54) is 13.0 Å². The lowest BCUT2D eigenvalue weighted by atomic mass is 9.84. The zero-order chi connectivity index (χ0) is 30.1. The Labute approximate surface area is 243 Å². The minimum absolute atomic E-state index is 0.0533. The number of hydrogen-bond donors (Lipinski definition) is 3. The van der Waals surface area contributed by atoms with E-state index in [-0.39, 0.29) is 40.8 Å². The molecule has 0 unspecified atom stereocenters. The summed E-state index contributed by atoms with van der Waals surface area (Å²) in [5.41, 5.74) is 1.06. The van der Waals surface area contributed by atoms with Crippen molar-refractivity contribution < 1.29 is 38.8 Å². The molecule has 0 amide bonds. The van der Waals surface area contributed by atoms with Gasteiger partial charge in [0.1, 0.15) is 16.9 Å². The SMILES string of the molecule is CCCC[C@H](O)[C@H](/C=C\CCOc1ccc(C(C)=O)c(O)c1CCC)C1=c2c(=O)cc(OC(=O)O)oc2=CC(=S)C1. The number of carbonyl (C=O) groups excluding carboxylic acids is 1. The smallest absolute Gasteiger partial charge is 0.507 e. The van der Waals surface area contributed by atoms with Crippen LogP contribution < -0.4 is 25.5 Å². The zero-order valence-electron chi connectivity index (χ0n) is 23.5. The van der Waals surface area contributed by atoms with Gasteiger partial charge in [-0.2, -0.15) is 0 Å². The van der Waals surface area contributed by atoms with Crippen LogP contribution in [-0.2, 0) is 6.42 Å². The minimum atomic E-state index is -1.61. The molecule has 0 aliphatic heterocycles. The second kappa shape index (κ2) is 14.7. The quantitative estimate of drug-likeness (QED) is 0.0958. The highest BCUT2D eigenvalue weighted by atomic mass is 32.1. The van der Waals surface area contributed by atoms with Gasteiger partial charge in [-0.1, -0.05) is 57.5 Å². The molecular formula is C31H36O9S. The maximum absolute atomic E-state index is 13.1. The van der Waals surface area contributed by atoms with Gasteiger partial charge in [0.15, 0.2) is 11.2 Å². The molecule has 3 N–H and O–H groups in total. The summed E-state index contributed by atoms with van der Waals surface area (Å²) in [4.78, 5) is 36.3. The molecule has 0 radical (unpaired) electrons. The Kier molecular flexibility index (Phi) is 11.4. The van der Waals surface area contributed by atoms with Gasteiger partial charge in [-0.25, -0.2) is 4.79 Å². The second-order valence-electron chi connectivity index (χ2n) is 9.89. The average molecular weight is 585 g/mol. The van der Waals surface area contributed by atoms with E-state index >= 15 is 0 Å². The summed E-state index contributed by atoms with van der Waals surface area (Å²) < 4.78 is 16.0. The van der Waals surface area contributed by atoms with Gasteiger partial charge in [-0.3, -0.25) is 9.59 Å². The van der Waals surface area contributed by atoms with Crippen molar-refractivity contribution in [1.29, 1.82) is 0 Å². The van der Waals surface area contributed by atoms with E-state index in [9.17, 15) is 24.6 Å². The van der Waals surface area contributed by atoms with Crippen LogP contribution in [0.5, 0.6) is 17.4 Å². The second-order valence-corrected chi connectivity index (χ2v) is 10.4. The Bertz CT molecular complexity index is 1500. The average Bonchev–Trinajstić information content (AvgIpc) is 2.89. The number of ether oxygens (including phenoxy) is 2. The lowest BCUT2D eigenvalue weighted by Crippen LogP contribution is -2.45. The first kappa shape index (κ1) is 31.8. The number of Topliss-reactive ketones (excluding diaryl/α,β-unsaturated/α-hetero) is 1. The summed E-state index contributed by atoms with van der Waals surface area (Å²) in [6, 6.07) is 4.22. The molecule has 1 aliphatic carbocycles. The normalized spacial score (nSPS) is 14.3. The van der Waals surface area contributed by atoms with Crippen molar-refractivity contribution in [3.63, 3.8) is 0 Å². The van der Waals surface area contributed by atoms with Gasteiger partial charge in [0, 0.05) is 22.8 Å². The number of carbonyl (C=O) groups is 2. The topological polar surface area (TPSA) is 144 Å². The number of benzene rings is 1. The summed E-state index contributed by atoms with van der Waals surface area (Å²) in [5, 5.41) is 30.9. The van der Waals surface area contributed by atoms with Crippen LogP contribution in [0.1, 0.15) is 75.2 Å². The molecule has 220 valence electrons. The van der Waals surface area contributed by atoms with Crippen LogP contribution in [0.2, 0.25) is 0 Å². The molecule has 9 nitrogen and oxygen atoms in total. The number of hydrogen-bond acceptors (Lipinski definition) is 9. The van der Waals surface area contributed by atoms with Crippen LogP contribution in [0.3, 0.4) is 0 Å². The van der Waals surface area contributed by atoms with Crippen LogP contribution in [-0.4, -0.2) is 44.8 Å². The highest BCUT2D eigenvalue weighted by Gasteiger charge is 2.26. The third kappa shape index (κ3) is 8.14. The molecule has 1 aliphatic rings. The molecule has 0 spiro atoms. The fraction of sp³-hybridized carbons (Fsp3) is 0.419. The molecule has 0 saturated heterocycles. The number of ketones is 1. The van der Waals surface area contributed by atoms with E-state index in [1.54, 1.807) is 12.1 Å². The molecule has 0 bridgehead atoms. The zero-order valence-corrected chi connectivity index (χ0v) is 24.3. The van der Waals surface area contributed by atoms with E-state index in [4.69, 9.17) is 26.5 Å². The lowest BCUT2D eigenvalue weighted by molar-refractivity contribution is 0.101. The predicted molar refractivity (Wildman–Crippen MR) is 158 cm³/mol. The third-order valence-corrected chi connectivity index (χ3v) is 7.06. The Hall–Kier alpha value is -3.76. The molecule has 1 heterocycles. The summed E-state index contributed by atoms with van der Waals surface area (Å²) in [6.45, 7) is 5.68. The number of thiocarbonyl (C=S) groups is 1. The Morgan fingerprint density at radius 3 is 2.63 bits per heavy atom. The minimum Gasteiger partial charge on any atom is -0.507 e. The summed E-state index contributed by atoms with van der Waals surface area (Å²) in [7, 11) is 0. The molecule has 1 aromatic carbocycles. The number of aliphatic hydroxyl groups excluding tert-OH is 1. The van der Waals surface area contributed by atoms with Crippen LogP contribution >= 0.6 is 12.2 Å². The number of phenols is 1. The van der Waals surface area contributed by atoms with E-state index in [0.717, 1.165) is 25.3 Å². The first-order valence-electron chi connectivity index (χ1n) is 13.7. The van der Waals surface area contributed by atoms with Gasteiger partial charge in [0.05, 0.1) is 29.6 Å². The number of unbranched alkanes of at least 4 members (excludes halogenated alkanes) is 1. The summed E-state index contributed by atoms with van der Waals surface area (Å²) >= 11 is 5.44. The van der Waals surface area contributed by atoms with Crippen molar-refractivity contribution in [2.24, 2.45) is 5.92 Å². The Morgan fingerprint density at radius 2 is 1.98 bits per heavy atom. The van der Waals surface area contributed by atoms with Crippen LogP contribution in [0.4, 0.5) is 4.79 Å². The van der Waals surface area contributed by atoms with E-state index < -0.39 is 29.6 Å². The predicted octanol–water partition coefficient (Wildman–Crippen LogP) is 4.45. The van der Waals surface area contributed by atoms with E-state index in [1.807, 2.05) is 26.0 Å². The standard InChI is InChI=1S/C31H36O9S/c1-4-6-11-24(33)21(23-15-19(41)16-27-29(23)25(34)17-28(39-27)40-31(36)37)10-7-8-14-38-26-13-12-20(18(3)32)30(35)22(26)9-5-2/h7,10,12-13,16-17,21,24,33,35H,4-6,8-9,11,14-15H2,1-3H3,(H,36,37)/b10-7-/t21-,24+/m1/s1. The summed E-state index contributed by atoms with van der Waals surface area (Å²) in [6.07, 6.45) is 7.01. The molecule has 2 aromatic rings. The van der Waals surface area contributed by atoms with Gasteiger partial charge < -0.3 is 29.2 Å². The molecule has 41 heavy (non-hydrogen) atoms. The molecular weight excluding hydrogens is 548 g/mol. The number of rotatable bonds is 14. The molecule has 3 rings (SSSR count). The van der Waals surface area contributed by atoms with Crippen LogP contribution in [0, 0.1) is 5.92 Å². The molecule has 0 saturated carbocycles. The van der Waals surface area contributed by atoms with Gasteiger partial charge in [0.2, 0.25) is 0 Å². The van der Waals surface area contributed by atoms with Crippen LogP contribution in [0.15, 0.2) is 39.6 Å². The van der Waals surface area contributed by atoms with Gasteiger partial charge in [0.25, 0.3) is 5.95 Å². The Morgan fingerprint density at radius 1 is 1.22 bits per heavy atom. The molecule has 10 heteroatoms. The van der Waals surface area contributed by atoms with E-state index in [2.05, 4.69) is 4.74 Å². The highest BCUT2D eigenvalue weighted by Crippen LogP contribution is 2.33. The number of fused-ring (bicyclic) bond motifs is 1. The maximum Gasteiger partial charge on any atom is 0.513 e. The van der Waals surface area contributed by atoms with Crippen LogP contribution in [0.25, 0.3) is 11.6 Å². The highest BCUT2D eigenvalue weighted by molar-refractivity contribution is 7.81. The monoisotopic (exact) mass is 584 g/mol. The van der Waals surface area contributed by atoms with Crippen molar-refractivity contribution in [2.45, 2.75) is 71.8 Å². The number of aromatic hydroxyl groups is 1. The molecule has 1 aromatic heterocycles. The van der Waals surface area contributed by atoms with Gasteiger partial charge >= 0.3 is 6.16 Å². The maximum atomic E-state index is 13.1. The van der Waals surface area contributed by atoms with Gasteiger partial charge in [-0.05, 0) is 50.0 Å². The Balaban J connectivity index is 1.90. The lowest BCUT2D eigenvalue weighted by Gasteiger charge is -2.24. The first-order valence-corrected chi connectivity index (χ1v) is 14.1. The third-order valence-electron chi connectivity index (χ3n) is 6.79. The number of carboxylic acid groups (broad SMARTS) is 1. The first-order chi connectivity index (χ1) is 19.6. The fourth-order valence-corrected chi connectivity index (χ4v) is 5.14. The van der Waals surface area contributed by atoms with Crippen molar-refractivity contribution in [3.8, 4) is 17.4 Å². The van der Waals surface area contributed by atoms with Crippen molar-refractivity contribution in [3.05, 3.63) is 62.3 Å². The largest absolute Gasteiger partial charge is 0.513 e. The molecule has 2 atom stereocenters. The van der Waals surface area contributed by atoms with Crippen molar-refractivity contribution in [1.82, 2.24) is 0 Å². The number of phenolic OH excluding ortho intramolecular Hbond substituents is 1. The van der Waals surface area contributed by atoms with Crippen molar-refractivity contribution >= 4 is 40.7 Å². The number of aliphatic hydroxyl groups is 1. The van der Waals surface area contributed by atoms with Crippen molar-refractivity contribution in [2.75, 3.05) is 6.61 Å².